The van der Waals surface area contributed by atoms with E-state index in [9.17, 15) is 4.39 Å². The highest BCUT2D eigenvalue weighted by Crippen LogP contribution is 2.21. The predicted octanol–water partition coefficient (Wildman–Crippen LogP) is 3.59. The van der Waals surface area contributed by atoms with Crippen molar-refractivity contribution >= 4 is 22.2 Å². The third kappa shape index (κ3) is 1.85. The first-order valence-corrected chi connectivity index (χ1v) is 6.20. The van der Waals surface area contributed by atoms with E-state index < -0.39 is 0 Å². The Morgan fingerprint density at radius 1 is 1.35 bits per heavy atom. The Labute approximate surface area is 102 Å². The average Bonchev–Trinajstić information content (AvgIpc) is 2.88. The van der Waals surface area contributed by atoms with Crippen molar-refractivity contribution in [3.05, 3.63) is 52.4 Å². The summed E-state index contributed by atoms with van der Waals surface area (Å²) in [4.78, 5) is 5.41. The summed E-state index contributed by atoms with van der Waals surface area (Å²) in [6.45, 7) is 2.74. The third-order valence-corrected chi connectivity index (χ3v) is 3.65. The number of aryl methyl sites for hydroxylation is 1. The lowest BCUT2D eigenvalue weighted by molar-refractivity contribution is 0.639. The number of hydrogen-bond acceptors (Lipinski definition) is 2. The zero-order valence-electron chi connectivity index (χ0n) is 9.35. The largest absolute Gasteiger partial charge is 0.342 e. The van der Waals surface area contributed by atoms with Crippen molar-refractivity contribution in [2.75, 3.05) is 0 Å². The molecule has 0 aliphatic carbocycles. The number of thiazole rings is 1. The van der Waals surface area contributed by atoms with Crippen LogP contribution in [-0.4, -0.2) is 9.55 Å². The molecule has 0 saturated carbocycles. The predicted molar refractivity (Wildman–Crippen MR) is 67.8 cm³/mol. The molecule has 2 nitrogen and oxygen atoms in total. The lowest BCUT2D eigenvalue weighted by Gasteiger charge is -2.02. The molecule has 1 aromatic carbocycles. The van der Waals surface area contributed by atoms with Gasteiger partial charge in [0.2, 0.25) is 0 Å². The second-order valence-electron chi connectivity index (χ2n) is 3.96. The molecule has 2 aromatic heterocycles. The van der Waals surface area contributed by atoms with Crippen molar-refractivity contribution in [3.63, 3.8) is 0 Å². The van der Waals surface area contributed by atoms with Gasteiger partial charge in [0.25, 0.3) is 0 Å². The standard InChI is InChI=1S/C13H11FN2S/c1-9-15-7-10(17-9)8-16-6-5-11-12(14)3-2-4-13(11)16/h2-7H,8H2,1H3. The van der Waals surface area contributed by atoms with Crippen LogP contribution in [0.4, 0.5) is 4.39 Å². The summed E-state index contributed by atoms with van der Waals surface area (Å²) in [5.41, 5.74) is 0.927. The van der Waals surface area contributed by atoms with Gasteiger partial charge in [-0.3, -0.25) is 0 Å². The Hall–Kier alpha value is -1.68. The van der Waals surface area contributed by atoms with Gasteiger partial charge >= 0.3 is 0 Å². The van der Waals surface area contributed by atoms with Gasteiger partial charge in [0.1, 0.15) is 5.82 Å². The topological polar surface area (TPSA) is 17.8 Å². The molecule has 4 heteroatoms. The maximum atomic E-state index is 13.5. The molecule has 0 aliphatic rings. The van der Waals surface area contributed by atoms with Crippen molar-refractivity contribution in [1.29, 1.82) is 0 Å². The van der Waals surface area contributed by atoms with Crippen LogP contribution < -0.4 is 0 Å². The molecule has 0 fully saturated rings. The molecule has 3 aromatic rings. The first kappa shape index (κ1) is 10.5. The second kappa shape index (κ2) is 3.96. The first-order chi connectivity index (χ1) is 8.24. The van der Waals surface area contributed by atoms with E-state index >= 15 is 0 Å². The van der Waals surface area contributed by atoms with E-state index in [1.165, 1.54) is 10.9 Å². The first-order valence-electron chi connectivity index (χ1n) is 5.39. The highest BCUT2D eigenvalue weighted by molar-refractivity contribution is 7.11. The number of rotatable bonds is 2. The summed E-state index contributed by atoms with van der Waals surface area (Å²) in [5, 5.41) is 1.73. The van der Waals surface area contributed by atoms with E-state index in [0.717, 1.165) is 17.1 Å². The van der Waals surface area contributed by atoms with Crippen molar-refractivity contribution in [3.8, 4) is 0 Å². The van der Waals surface area contributed by atoms with Crippen LogP contribution >= 0.6 is 11.3 Å². The van der Waals surface area contributed by atoms with Crippen molar-refractivity contribution in [1.82, 2.24) is 9.55 Å². The number of aromatic nitrogens is 2. The van der Waals surface area contributed by atoms with E-state index in [1.807, 2.05) is 36.0 Å². The van der Waals surface area contributed by atoms with Crippen molar-refractivity contribution < 1.29 is 4.39 Å². The normalized spacial score (nSPS) is 11.2. The number of nitrogens with zero attached hydrogens (tertiary/aromatic N) is 2. The zero-order chi connectivity index (χ0) is 11.8. The van der Waals surface area contributed by atoms with Crippen LogP contribution in [0.3, 0.4) is 0 Å². The van der Waals surface area contributed by atoms with Crippen LogP contribution in [0, 0.1) is 12.7 Å². The zero-order valence-corrected chi connectivity index (χ0v) is 10.2. The molecule has 86 valence electrons. The highest BCUT2D eigenvalue weighted by atomic mass is 32.1. The third-order valence-electron chi connectivity index (χ3n) is 2.76. The Morgan fingerprint density at radius 3 is 3.00 bits per heavy atom. The summed E-state index contributed by atoms with van der Waals surface area (Å²) in [6.07, 6.45) is 3.80. The van der Waals surface area contributed by atoms with E-state index in [0.29, 0.717) is 5.39 Å². The second-order valence-corrected chi connectivity index (χ2v) is 5.28. The summed E-state index contributed by atoms with van der Waals surface area (Å²) in [7, 11) is 0. The van der Waals surface area contributed by atoms with Crippen LogP contribution in [0.5, 0.6) is 0 Å². The van der Waals surface area contributed by atoms with Gasteiger partial charge in [0.15, 0.2) is 0 Å². The Kier molecular flexibility index (Phi) is 2.44. The van der Waals surface area contributed by atoms with Crippen molar-refractivity contribution in [2.45, 2.75) is 13.5 Å². The quantitative estimate of drug-likeness (QED) is 0.675. The molecule has 0 saturated heterocycles. The summed E-state index contributed by atoms with van der Waals surface area (Å²) >= 11 is 1.67. The maximum Gasteiger partial charge on any atom is 0.132 e. The lowest BCUT2D eigenvalue weighted by Crippen LogP contribution is -1.95. The highest BCUT2D eigenvalue weighted by Gasteiger charge is 2.06. The molecule has 17 heavy (non-hydrogen) atoms. The van der Waals surface area contributed by atoms with Gasteiger partial charge in [0, 0.05) is 22.7 Å². The summed E-state index contributed by atoms with van der Waals surface area (Å²) in [6, 6.07) is 6.99. The van der Waals surface area contributed by atoms with Gasteiger partial charge in [-0.2, -0.15) is 0 Å². The monoisotopic (exact) mass is 246 g/mol. The fourth-order valence-electron chi connectivity index (χ4n) is 1.97. The number of fused-ring (bicyclic) bond motifs is 1. The molecule has 0 bridgehead atoms. The molecule has 0 radical (unpaired) electrons. The number of benzene rings is 1. The summed E-state index contributed by atoms with van der Waals surface area (Å²) < 4.78 is 15.6. The molecule has 0 aliphatic heterocycles. The van der Waals surface area contributed by atoms with Gasteiger partial charge in [-0.1, -0.05) is 6.07 Å². The van der Waals surface area contributed by atoms with E-state index in [-0.39, 0.29) is 5.82 Å². The van der Waals surface area contributed by atoms with Crippen molar-refractivity contribution in [2.24, 2.45) is 0 Å². The molecule has 0 unspecified atom stereocenters. The molecule has 3 rings (SSSR count). The molecule has 0 spiro atoms. The van der Waals surface area contributed by atoms with Gasteiger partial charge in [0.05, 0.1) is 17.1 Å². The summed E-state index contributed by atoms with van der Waals surface area (Å²) in [5.74, 6) is -0.165. The molecular weight excluding hydrogens is 235 g/mol. The van der Waals surface area contributed by atoms with Gasteiger partial charge < -0.3 is 4.57 Å². The molecule has 0 N–H and O–H groups in total. The maximum absolute atomic E-state index is 13.5. The van der Waals surface area contributed by atoms with Crippen LogP contribution in [0.2, 0.25) is 0 Å². The molecule has 0 amide bonds. The lowest BCUT2D eigenvalue weighted by atomic mass is 10.2. The van der Waals surface area contributed by atoms with Crippen LogP contribution in [0.15, 0.2) is 36.7 Å². The minimum atomic E-state index is -0.165. The van der Waals surface area contributed by atoms with Gasteiger partial charge in [-0.05, 0) is 25.1 Å². The molecule has 2 heterocycles. The molecular formula is C13H11FN2S. The Morgan fingerprint density at radius 2 is 2.24 bits per heavy atom. The number of halogens is 1. The van der Waals surface area contributed by atoms with Gasteiger partial charge in [-0.25, -0.2) is 9.37 Å². The van der Waals surface area contributed by atoms with E-state index in [2.05, 4.69) is 4.98 Å². The fraction of sp³-hybridized carbons (Fsp3) is 0.154. The average molecular weight is 246 g/mol. The van der Waals surface area contributed by atoms with Crippen LogP contribution in [0.25, 0.3) is 10.9 Å². The minimum Gasteiger partial charge on any atom is -0.342 e. The minimum absolute atomic E-state index is 0.165. The van der Waals surface area contributed by atoms with Crippen LogP contribution in [0.1, 0.15) is 9.88 Å². The Balaban J connectivity index is 2.04. The van der Waals surface area contributed by atoms with E-state index in [4.69, 9.17) is 0 Å². The smallest absolute Gasteiger partial charge is 0.132 e. The van der Waals surface area contributed by atoms with E-state index in [1.54, 1.807) is 17.4 Å². The SMILES string of the molecule is Cc1ncc(Cn2ccc3c(F)cccc32)s1. The fourth-order valence-corrected chi connectivity index (χ4v) is 2.76. The van der Waals surface area contributed by atoms with Gasteiger partial charge in [-0.15, -0.1) is 11.3 Å². The number of hydrogen-bond donors (Lipinski definition) is 0. The molecule has 0 atom stereocenters. The van der Waals surface area contributed by atoms with Crippen LogP contribution in [-0.2, 0) is 6.54 Å². The Bertz CT molecular complexity index is 669.